The Morgan fingerprint density at radius 3 is 2.83 bits per heavy atom. The van der Waals surface area contributed by atoms with Gasteiger partial charge in [-0.15, -0.1) is 0 Å². The van der Waals surface area contributed by atoms with Crippen LogP contribution < -0.4 is 11.2 Å². The predicted octanol–water partition coefficient (Wildman–Crippen LogP) is -1.78. The lowest BCUT2D eigenvalue weighted by Crippen LogP contribution is -2.42. The summed E-state index contributed by atoms with van der Waals surface area (Å²) in [6.45, 7) is 0. The molecule has 0 aromatic carbocycles. The fraction of sp³-hybridized carbons (Fsp3) is 0.800. The molecule has 0 bridgehead atoms. The van der Waals surface area contributed by atoms with Gasteiger partial charge in [-0.1, -0.05) is 0 Å². The van der Waals surface area contributed by atoms with Crippen molar-refractivity contribution in [3.8, 4) is 0 Å². The van der Waals surface area contributed by atoms with Crippen LogP contribution in [0.2, 0.25) is 0 Å². The third kappa shape index (κ3) is 1.08. The van der Waals surface area contributed by atoms with Crippen LogP contribution in [0.3, 0.4) is 0 Å². The molecule has 7 heteroatoms. The summed E-state index contributed by atoms with van der Waals surface area (Å²) in [5, 5.41) is 4.66. The van der Waals surface area contributed by atoms with E-state index in [0.717, 1.165) is 0 Å². The molecule has 0 unspecified atom stereocenters. The Kier molecular flexibility index (Phi) is 1.57. The lowest BCUT2D eigenvalue weighted by atomic mass is 10.2. The lowest BCUT2D eigenvalue weighted by Gasteiger charge is -2.15. The van der Waals surface area contributed by atoms with Crippen LogP contribution in [0.25, 0.3) is 0 Å². The van der Waals surface area contributed by atoms with Gasteiger partial charge in [-0.25, -0.2) is 14.3 Å². The second kappa shape index (κ2) is 2.30. The molecule has 2 atom stereocenters. The third-order valence-corrected chi connectivity index (χ3v) is 4.27. The van der Waals surface area contributed by atoms with E-state index in [1.165, 1.54) is 5.01 Å². The van der Waals surface area contributed by atoms with Gasteiger partial charge in [0.2, 0.25) is 0 Å². The zero-order chi connectivity index (χ0) is 8.93. The maximum Gasteiger partial charge on any atom is 0.183 e. The zero-order valence-electron chi connectivity index (χ0n) is 6.23. The number of hydrogen-bond acceptors (Lipinski definition) is 4. The van der Waals surface area contributed by atoms with Crippen LogP contribution in [-0.2, 0) is 9.84 Å². The zero-order valence-corrected chi connectivity index (χ0v) is 7.86. The number of thiocarbonyl (C=S) groups is 1. The fourth-order valence-corrected chi connectivity index (χ4v) is 3.81. The van der Waals surface area contributed by atoms with Crippen molar-refractivity contribution in [2.24, 2.45) is 5.84 Å². The number of sulfone groups is 1. The SMILES string of the molecule is NN1C(=S)N[C@H]2CS(=O)(=O)C[C@@H]21. The number of fused-ring (bicyclic) bond motifs is 1. The number of hydrazine groups is 1. The highest BCUT2D eigenvalue weighted by molar-refractivity contribution is 7.91. The highest BCUT2D eigenvalue weighted by atomic mass is 32.2. The molecule has 2 rings (SSSR count). The fourth-order valence-electron chi connectivity index (χ4n) is 1.62. The second-order valence-electron chi connectivity index (χ2n) is 3.11. The van der Waals surface area contributed by atoms with E-state index in [-0.39, 0.29) is 23.6 Å². The van der Waals surface area contributed by atoms with Crippen LogP contribution in [0.1, 0.15) is 0 Å². The van der Waals surface area contributed by atoms with Gasteiger partial charge in [-0.2, -0.15) is 0 Å². The molecule has 0 radical (unpaired) electrons. The molecule has 2 heterocycles. The Morgan fingerprint density at radius 2 is 2.25 bits per heavy atom. The van der Waals surface area contributed by atoms with Gasteiger partial charge in [0.05, 0.1) is 23.6 Å². The number of rotatable bonds is 0. The van der Waals surface area contributed by atoms with Crippen molar-refractivity contribution >= 4 is 27.2 Å². The van der Waals surface area contributed by atoms with Crippen LogP contribution in [0.4, 0.5) is 0 Å². The molecule has 3 N–H and O–H groups in total. The molecule has 68 valence electrons. The van der Waals surface area contributed by atoms with E-state index in [4.69, 9.17) is 18.1 Å². The van der Waals surface area contributed by atoms with E-state index in [0.29, 0.717) is 5.11 Å². The molecule has 0 aromatic rings. The first-order valence-electron chi connectivity index (χ1n) is 3.54. The van der Waals surface area contributed by atoms with Crippen molar-refractivity contribution in [1.29, 1.82) is 0 Å². The number of nitrogens with one attached hydrogen (secondary N) is 1. The monoisotopic (exact) mass is 207 g/mol. The van der Waals surface area contributed by atoms with Gasteiger partial charge in [-0.3, -0.25) is 5.01 Å². The number of nitrogens with two attached hydrogens (primary N) is 1. The summed E-state index contributed by atoms with van der Waals surface area (Å²) in [7, 11) is -2.91. The van der Waals surface area contributed by atoms with Crippen molar-refractivity contribution in [3.63, 3.8) is 0 Å². The standard InChI is InChI=1S/C5H9N3O2S2/c6-8-4-2-12(9,10)1-3(4)7-5(8)11/h3-4H,1-2,6H2,(H,7,11)/t3-,4-/m0/s1. The Hall–Kier alpha value is -0.400. The largest absolute Gasteiger partial charge is 0.356 e. The normalized spacial score (nSPS) is 38.1. The maximum absolute atomic E-state index is 11.1. The maximum atomic E-state index is 11.1. The average Bonchev–Trinajstić information content (AvgIpc) is 2.33. The van der Waals surface area contributed by atoms with Crippen LogP contribution in [0.5, 0.6) is 0 Å². The average molecular weight is 207 g/mol. The van der Waals surface area contributed by atoms with Crippen molar-refractivity contribution in [2.45, 2.75) is 12.1 Å². The van der Waals surface area contributed by atoms with Gasteiger partial charge in [0.15, 0.2) is 14.9 Å². The third-order valence-electron chi connectivity index (χ3n) is 2.22. The summed E-state index contributed by atoms with van der Waals surface area (Å²) in [6, 6.07) is -0.269. The molecule has 2 saturated heterocycles. The van der Waals surface area contributed by atoms with Gasteiger partial charge < -0.3 is 5.32 Å². The van der Waals surface area contributed by atoms with Crippen molar-refractivity contribution in [2.75, 3.05) is 11.5 Å². The molecule has 2 fully saturated rings. The molecule has 0 aromatic heterocycles. The molecule has 2 aliphatic rings. The Labute approximate surface area is 75.8 Å². The summed E-state index contributed by atoms with van der Waals surface area (Å²) in [6.07, 6.45) is 0. The minimum absolute atomic E-state index is 0.104. The molecule has 0 spiro atoms. The van der Waals surface area contributed by atoms with Crippen molar-refractivity contribution in [3.05, 3.63) is 0 Å². The molecule has 0 amide bonds. The summed E-state index contributed by atoms with van der Waals surface area (Å²) in [5.74, 6) is 5.81. The predicted molar refractivity (Wildman–Crippen MR) is 48.0 cm³/mol. The first-order valence-corrected chi connectivity index (χ1v) is 5.77. The minimum atomic E-state index is -2.91. The molecule has 2 aliphatic heterocycles. The van der Waals surface area contributed by atoms with Crippen LogP contribution in [0.15, 0.2) is 0 Å². The molecular weight excluding hydrogens is 198 g/mol. The lowest BCUT2D eigenvalue weighted by molar-refractivity contribution is 0.368. The van der Waals surface area contributed by atoms with Crippen LogP contribution in [-0.4, -0.2) is 42.1 Å². The summed E-state index contributed by atoms with van der Waals surface area (Å²) in [4.78, 5) is 0. The van der Waals surface area contributed by atoms with E-state index < -0.39 is 9.84 Å². The Morgan fingerprint density at radius 1 is 1.58 bits per heavy atom. The summed E-state index contributed by atoms with van der Waals surface area (Å²) in [5.41, 5.74) is 0. The van der Waals surface area contributed by atoms with Crippen molar-refractivity contribution < 1.29 is 8.42 Å². The van der Waals surface area contributed by atoms with E-state index in [1.807, 2.05) is 0 Å². The van der Waals surface area contributed by atoms with Gasteiger partial charge in [0, 0.05) is 0 Å². The highest BCUT2D eigenvalue weighted by Gasteiger charge is 2.46. The van der Waals surface area contributed by atoms with E-state index in [2.05, 4.69) is 5.32 Å². The van der Waals surface area contributed by atoms with Crippen LogP contribution >= 0.6 is 12.2 Å². The molecule has 0 saturated carbocycles. The topological polar surface area (TPSA) is 75.4 Å². The van der Waals surface area contributed by atoms with Gasteiger partial charge in [-0.05, 0) is 12.2 Å². The molecule has 5 nitrogen and oxygen atoms in total. The second-order valence-corrected chi connectivity index (χ2v) is 5.65. The quantitative estimate of drug-likeness (QED) is 0.361. The smallest absolute Gasteiger partial charge is 0.183 e. The minimum Gasteiger partial charge on any atom is -0.356 e. The van der Waals surface area contributed by atoms with E-state index in [9.17, 15) is 8.42 Å². The van der Waals surface area contributed by atoms with Crippen molar-refractivity contribution in [1.82, 2.24) is 10.3 Å². The van der Waals surface area contributed by atoms with Gasteiger partial charge in [0.1, 0.15) is 0 Å². The van der Waals surface area contributed by atoms with Gasteiger partial charge >= 0.3 is 0 Å². The summed E-state index contributed by atoms with van der Waals surface area (Å²) >= 11 is 4.87. The highest BCUT2D eigenvalue weighted by Crippen LogP contribution is 2.21. The first-order chi connectivity index (χ1) is 5.49. The van der Waals surface area contributed by atoms with Crippen LogP contribution in [0, 0.1) is 0 Å². The van der Waals surface area contributed by atoms with E-state index >= 15 is 0 Å². The summed E-state index contributed by atoms with van der Waals surface area (Å²) < 4.78 is 22.3. The molecule has 12 heavy (non-hydrogen) atoms. The number of nitrogens with zero attached hydrogens (tertiary/aromatic N) is 1. The number of hydrogen-bond donors (Lipinski definition) is 2. The Balaban J connectivity index is 2.27. The van der Waals surface area contributed by atoms with E-state index in [1.54, 1.807) is 0 Å². The molecule has 0 aliphatic carbocycles. The Bertz CT molecular complexity index is 326. The first kappa shape index (κ1) is 8.21. The van der Waals surface area contributed by atoms with Gasteiger partial charge in [0.25, 0.3) is 0 Å². The molecular formula is C5H9N3O2S2.